The van der Waals surface area contributed by atoms with Gasteiger partial charge in [-0.3, -0.25) is 4.79 Å². The molecule has 6 nitrogen and oxygen atoms in total. The largest absolute Gasteiger partial charge is 0.326 e. The lowest BCUT2D eigenvalue weighted by molar-refractivity contribution is -0.116. The van der Waals surface area contributed by atoms with Crippen molar-refractivity contribution < 1.29 is 13.2 Å². The van der Waals surface area contributed by atoms with E-state index in [1.54, 1.807) is 24.3 Å². The van der Waals surface area contributed by atoms with Crippen molar-refractivity contribution in [3.8, 4) is 0 Å². The molecule has 1 aliphatic carbocycles. The summed E-state index contributed by atoms with van der Waals surface area (Å²) < 4.78 is 21.9. The minimum atomic E-state index is -3.52. The summed E-state index contributed by atoms with van der Waals surface area (Å²) in [5.74, 6) is -0.260. The van der Waals surface area contributed by atoms with E-state index in [-0.39, 0.29) is 11.7 Å². The van der Waals surface area contributed by atoms with Gasteiger partial charge in [-0.05, 0) is 30.5 Å². The van der Waals surface area contributed by atoms with Crippen LogP contribution in [0.3, 0.4) is 0 Å². The van der Waals surface area contributed by atoms with Crippen LogP contribution in [0.5, 0.6) is 0 Å². The molecule has 0 saturated heterocycles. The molecular weight excluding hydrogens is 278 g/mol. The molecule has 0 heterocycles. The molecule has 1 aliphatic rings. The van der Waals surface area contributed by atoms with E-state index in [1.165, 1.54) is 12.8 Å². The molecule has 1 aromatic carbocycles. The Morgan fingerprint density at radius 1 is 1.25 bits per heavy atom. The first kappa shape index (κ1) is 15.0. The van der Waals surface area contributed by atoms with Crippen LogP contribution in [-0.2, 0) is 20.6 Å². The highest BCUT2D eigenvalue weighted by atomic mass is 32.2. The summed E-state index contributed by atoms with van der Waals surface area (Å²) >= 11 is 0. The van der Waals surface area contributed by atoms with Crippen LogP contribution in [0.25, 0.3) is 0 Å². The number of rotatable bonds is 7. The van der Waals surface area contributed by atoms with Gasteiger partial charge in [0.15, 0.2) is 0 Å². The molecular formula is C13H19N3O3S. The molecule has 1 saturated carbocycles. The van der Waals surface area contributed by atoms with Crippen LogP contribution in [0.15, 0.2) is 24.3 Å². The Morgan fingerprint density at radius 3 is 2.45 bits per heavy atom. The van der Waals surface area contributed by atoms with Crippen LogP contribution in [0.2, 0.25) is 0 Å². The fourth-order valence-corrected chi connectivity index (χ4v) is 2.47. The van der Waals surface area contributed by atoms with Crippen LogP contribution in [0, 0.1) is 0 Å². The van der Waals surface area contributed by atoms with Gasteiger partial charge >= 0.3 is 0 Å². The number of carbonyl (C=O) groups excluding carboxylic acids is 1. The summed E-state index contributed by atoms with van der Waals surface area (Å²) in [6, 6.07) is 7.23. The molecule has 0 unspecified atom stereocenters. The van der Waals surface area contributed by atoms with Crippen molar-refractivity contribution in [2.24, 2.45) is 5.14 Å². The fourth-order valence-electron chi connectivity index (χ4n) is 1.82. The Labute approximate surface area is 118 Å². The molecule has 4 N–H and O–H groups in total. The van der Waals surface area contributed by atoms with Crippen molar-refractivity contribution in [3.05, 3.63) is 29.8 Å². The van der Waals surface area contributed by atoms with Crippen LogP contribution in [-0.4, -0.2) is 26.9 Å². The van der Waals surface area contributed by atoms with E-state index in [9.17, 15) is 13.2 Å². The Balaban J connectivity index is 1.78. The SMILES string of the molecule is NS(=O)(=O)Cc1ccc(NC(=O)CCNC2CC2)cc1. The van der Waals surface area contributed by atoms with Crippen LogP contribution >= 0.6 is 0 Å². The average Bonchev–Trinajstić information content (AvgIpc) is 3.14. The van der Waals surface area contributed by atoms with Gasteiger partial charge in [0.05, 0.1) is 5.75 Å². The van der Waals surface area contributed by atoms with E-state index in [2.05, 4.69) is 10.6 Å². The topological polar surface area (TPSA) is 101 Å². The lowest BCUT2D eigenvalue weighted by Crippen LogP contribution is -2.23. The van der Waals surface area contributed by atoms with Gasteiger partial charge in [-0.15, -0.1) is 0 Å². The molecule has 0 atom stereocenters. The molecule has 1 amide bonds. The molecule has 2 rings (SSSR count). The van der Waals surface area contributed by atoms with Gasteiger partial charge in [0, 0.05) is 24.7 Å². The Kier molecular flexibility index (Phi) is 4.74. The lowest BCUT2D eigenvalue weighted by atomic mass is 10.2. The van der Waals surface area contributed by atoms with Crippen LogP contribution in [0.1, 0.15) is 24.8 Å². The van der Waals surface area contributed by atoms with E-state index in [4.69, 9.17) is 5.14 Å². The minimum Gasteiger partial charge on any atom is -0.326 e. The molecule has 20 heavy (non-hydrogen) atoms. The number of anilines is 1. The first-order chi connectivity index (χ1) is 9.42. The van der Waals surface area contributed by atoms with Gasteiger partial charge in [-0.25, -0.2) is 13.6 Å². The number of hydrogen-bond donors (Lipinski definition) is 3. The fraction of sp³-hybridized carbons (Fsp3) is 0.462. The Morgan fingerprint density at radius 2 is 1.90 bits per heavy atom. The first-order valence-corrected chi connectivity index (χ1v) is 8.26. The van der Waals surface area contributed by atoms with Gasteiger partial charge in [-0.2, -0.15) is 0 Å². The number of carbonyl (C=O) groups is 1. The second-order valence-electron chi connectivity index (χ2n) is 5.03. The van der Waals surface area contributed by atoms with Gasteiger partial charge in [0.2, 0.25) is 15.9 Å². The summed E-state index contributed by atoms with van der Waals surface area (Å²) in [6.07, 6.45) is 2.83. The van der Waals surface area contributed by atoms with Crippen LogP contribution in [0.4, 0.5) is 5.69 Å². The standard InChI is InChI=1S/C13H19N3O3S/c14-20(18,19)9-10-1-3-12(4-2-10)16-13(17)7-8-15-11-5-6-11/h1-4,11,15H,5-9H2,(H,16,17)(H2,14,18,19). The van der Waals surface area contributed by atoms with Crippen molar-refractivity contribution in [2.45, 2.75) is 31.1 Å². The first-order valence-electron chi connectivity index (χ1n) is 6.55. The van der Waals surface area contributed by atoms with Crippen molar-refractivity contribution in [2.75, 3.05) is 11.9 Å². The zero-order valence-corrected chi connectivity index (χ0v) is 11.9. The maximum Gasteiger partial charge on any atom is 0.225 e. The van der Waals surface area contributed by atoms with E-state index >= 15 is 0 Å². The maximum absolute atomic E-state index is 11.7. The summed E-state index contributed by atoms with van der Waals surface area (Å²) in [5.41, 5.74) is 1.25. The van der Waals surface area contributed by atoms with Gasteiger partial charge in [0.1, 0.15) is 0 Å². The monoisotopic (exact) mass is 297 g/mol. The predicted molar refractivity (Wildman–Crippen MR) is 77.5 cm³/mol. The second kappa shape index (κ2) is 6.34. The summed E-state index contributed by atoms with van der Waals surface area (Å²) in [7, 11) is -3.52. The quantitative estimate of drug-likeness (QED) is 0.684. The molecule has 1 fully saturated rings. The second-order valence-corrected chi connectivity index (χ2v) is 6.65. The van der Waals surface area contributed by atoms with E-state index < -0.39 is 10.0 Å². The lowest BCUT2D eigenvalue weighted by Gasteiger charge is -2.07. The number of sulfonamides is 1. The van der Waals surface area contributed by atoms with Crippen LogP contribution < -0.4 is 15.8 Å². The normalized spacial score (nSPS) is 15.1. The van der Waals surface area contributed by atoms with Gasteiger partial charge in [-0.1, -0.05) is 12.1 Å². The number of amides is 1. The number of nitrogens with two attached hydrogens (primary N) is 1. The molecule has 0 spiro atoms. The Bertz CT molecular complexity index is 565. The third kappa shape index (κ3) is 5.68. The smallest absolute Gasteiger partial charge is 0.225 e. The third-order valence-electron chi connectivity index (χ3n) is 2.97. The molecule has 110 valence electrons. The van der Waals surface area contributed by atoms with Gasteiger partial charge in [0.25, 0.3) is 0 Å². The highest BCUT2D eigenvalue weighted by molar-refractivity contribution is 7.88. The zero-order valence-electron chi connectivity index (χ0n) is 11.1. The number of primary sulfonamides is 1. The highest BCUT2D eigenvalue weighted by Crippen LogP contribution is 2.18. The minimum absolute atomic E-state index is 0.0580. The van der Waals surface area contributed by atoms with Crippen molar-refractivity contribution in [3.63, 3.8) is 0 Å². The number of benzene rings is 1. The van der Waals surface area contributed by atoms with E-state index in [0.29, 0.717) is 30.3 Å². The van der Waals surface area contributed by atoms with E-state index in [1.807, 2.05) is 0 Å². The van der Waals surface area contributed by atoms with Crippen molar-refractivity contribution >= 4 is 21.6 Å². The molecule has 0 radical (unpaired) electrons. The Hall–Kier alpha value is -1.44. The molecule has 7 heteroatoms. The third-order valence-corrected chi connectivity index (χ3v) is 3.70. The maximum atomic E-state index is 11.7. The molecule has 0 aliphatic heterocycles. The summed E-state index contributed by atoms with van der Waals surface area (Å²) in [4.78, 5) is 11.7. The van der Waals surface area contributed by atoms with E-state index in [0.717, 1.165) is 0 Å². The molecule has 1 aromatic rings. The van der Waals surface area contributed by atoms with Gasteiger partial charge < -0.3 is 10.6 Å². The van der Waals surface area contributed by atoms with Crippen molar-refractivity contribution in [1.29, 1.82) is 0 Å². The number of hydrogen-bond acceptors (Lipinski definition) is 4. The molecule has 0 aromatic heterocycles. The zero-order chi connectivity index (χ0) is 14.6. The average molecular weight is 297 g/mol. The highest BCUT2D eigenvalue weighted by Gasteiger charge is 2.20. The van der Waals surface area contributed by atoms with Crippen molar-refractivity contribution in [1.82, 2.24) is 5.32 Å². The predicted octanol–water partition coefficient (Wildman–Crippen LogP) is 0.556. The summed E-state index contributed by atoms with van der Waals surface area (Å²) in [6.45, 7) is 0.681. The summed E-state index contributed by atoms with van der Waals surface area (Å²) in [5, 5.41) is 11.0. The molecule has 0 bridgehead atoms. The number of nitrogens with one attached hydrogen (secondary N) is 2.